The summed E-state index contributed by atoms with van der Waals surface area (Å²) in [6, 6.07) is 10.2. The minimum absolute atomic E-state index is 0.111. The summed E-state index contributed by atoms with van der Waals surface area (Å²) in [7, 11) is 0. The van der Waals surface area contributed by atoms with Crippen LogP contribution >= 0.6 is 0 Å². The van der Waals surface area contributed by atoms with Gasteiger partial charge in [0.15, 0.2) is 0 Å². The number of hydrogen-bond donors (Lipinski definition) is 1. The Morgan fingerprint density at radius 3 is 2.67 bits per heavy atom. The first-order valence-electron chi connectivity index (χ1n) is 7.70. The molecule has 0 bridgehead atoms. The van der Waals surface area contributed by atoms with Gasteiger partial charge in [0, 0.05) is 37.5 Å². The molecule has 1 aromatic carbocycles. The summed E-state index contributed by atoms with van der Waals surface area (Å²) in [6.07, 6.45) is -2.92. The fourth-order valence-electron chi connectivity index (χ4n) is 2.82. The number of alkyl halides is 3. The van der Waals surface area contributed by atoms with E-state index in [0.29, 0.717) is 13.1 Å². The first-order valence-corrected chi connectivity index (χ1v) is 7.70. The Morgan fingerprint density at radius 2 is 2.00 bits per heavy atom. The molecule has 1 unspecified atom stereocenters. The molecule has 2 N–H and O–H groups in total. The Hall–Kier alpha value is -2.28. The Balaban J connectivity index is 1.64. The van der Waals surface area contributed by atoms with E-state index in [1.807, 2.05) is 24.3 Å². The molecular weight excluding hydrogens is 319 g/mol. The highest BCUT2D eigenvalue weighted by Crippen LogP contribution is 2.30. The van der Waals surface area contributed by atoms with Gasteiger partial charge in [0.25, 0.3) is 0 Å². The van der Waals surface area contributed by atoms with Crippen LogP contribution in [0.2, 0.25) is 0 Å². The van der Waals surface area contributed by atoms with E-state index in [1.165, 1.54) is 6.07 Å². The van der Waals surface area contributed by atoms with E-state index in [-0.39, 0.29) is 12.0 Å². The van der Waals surface area contributed by atoms with Crippen molar-refractivity contribution in [3.8, 4) is 5.88 Å². The van der Waals surface area contributed by atoms with Crippen LogP contribution in [0.3, 0.4) is 0 Å². The molecule has 4 nitrogen and oxygen atoms in total. The van der Waals surface area contributed by atoms with Crippen molar-refractivity contribution in [3.63, 3.8) is 0 Å². The highest BCUT2D eigenvalue weighted by atomic mass is 19.4. The molecule has 0 radical (unpaired) electrons. The van der Waals surface area contributed by atoms with E-state index in [1.54, 1.807) is 0 Å². The van der Waals surface area contributed by atoms with Crippen molar-refractivity contribution in [2.45, 2.75) is 25.2 Å². The van der Waals surface area contributed by atoms with Crippen molar-refractivity contribution in [2.75, 3.05) is 18.0 Å². The van der Waals surface area contributed by atoms with Crippen molar-refractivity contribution in [1.29, 1.82) is 0 Å². The van der Waals surface area contributed by atoms with Crippen LogP contribution in [0.15, 0.2) is 42.6 Å². The maximum atomic E-state index is 12.5. The van der Waals surface area contributed by atoms with Gasteiger partial charge in [0.05, 0.1) is 12.1 Å². The van der Waals surface area contributed by atoms with E-state index in [2.05, 4.69) is 9.88 Å². The molecule has 1 aliphatic heterocycles. The van der Waals surface area contributed by atoms with Crippen molar-refractivity contribution in [2.24, 2.45) is 5.73 Å². The number of ether oxygens (including phenoxy) is 1. The molecule has 2 heterocycles. The molecule has 0 amide bonds. The molecule has 0 spiro atoms. The average Bonchev–Trinajstić information content (AvgIpc) is 3.03. The zero-order chi connectivity index (χ0) is 17.2. The van der Waals surface area contributed by atoms with Crippen LogP contribution in [-0.4, -0.2) is 24.2 Å². The van der Waals surface area contributed by atoms with E-state index in [0.717, 1.165) is 36.5 Å². The van der Waals surface area contributed by atoms with Gasteiger partial charge in [0.1, 0.15) is 6.10 Å². The van der Waals surface area contributed by atoms with Gasteiger partial charge in [-0.15, -0.1) is 0 Å². The highest BCUT2D eigenvalue weighted by molar-refractivity contribution is 5.54. The second kappa shape index (κ2) is 6.68. The van der Waals surface area contributed by atoms with Crippen LogP contribution in [0.1, 0.15) is 17.5 Å². The maximum absolute atomic E-state index is 12.5. The van der Waals surface area contributed by atoms with Gasteiger partial charge in [0.2, 0.25) is 5.88 Å². The van der Waals surface area contributed by atoms with Crippen molar-refractivity contribution in [3.05, 3.63) is 53.7 Å². The molecular formula is C17H18F3N3O. The third-order valence-corrected chi connectivity index (χ3v) is 4.05. The largest absolute Gasteiger partial charge is 0.472 e. The SMILES string of the molecule is NCc1ccccc1N1CCC(Oc2ccc(C(F)(F)F)cn2)C1. The lowest BCUT2D eigenvalue weighted by Gasteiger charge is -2.21. The normalized spacial score (nSPS) is 18.0. The summed E-state index contributed by atoms with van der Waals surface area (Å²) in [6.45, 7) is 1.92. The number of para-hydroxylation sites is 1. The predicted molar refractivity (Wildman–Crippen MR) is 84.8 cm³/mol. The van der Waals surface area contributed by atoms with Gasteiger partial charge in [-0.25, -0.2) is 4.98 Å². The number of anilines is 1. The fraction of sp³-hybridized carbons (Fsp3) is 0.353. The smallest absolute Gasteiger partial charge is 0.417 e. The number of nitrogens with two attached hydrogens (primary N) is 1. The molecule has 24 heavy (non-hydrogen) atoms. The Kier molecular flexibility index (Phi) is 4.62. The van der Waals surface area contributed by atoms with Crippen LogP contribution in [0.4, 0.5) is 18.9 Å². The van der Waals surface area contributed by atoms with Crippen molar-refractivity contribution in [1.82, 2.24) is 4.98 Å². The summed E-state index contributed by atoms with van der Waals surface area (Å²) >= 11 is 0. The molecule has 1 atom stereocenters. The van der Waals surface area contributed by atoms with E-state index in [9.17, 15) is 13.2 Å². The topological polar surface area (TPSA) is 51.4 Å². The van der Waals surface area contributed by atoms with Crippen LogP contribution in [0, 0.1) is 0 Å². The number of benzene rings is 1. The zero-order valence-corrected chi connectivity index (χ0v) is 13.0. The lowest BCUT2D eigenvalue weighted by atomic mass is 10.1. The minimum Gasteiger partial charge on any atom is -0.472 e. The number of nitrogens with zero attached hydrogens (tertiary/aromatic N) is 2. The second-order valence-electron chi connectivity index (χ2n) is 5.69. The Morgan fingerprint density at radius 1 is 1.21 bits per heavy atom. The van der Waals surface area contributed by atoms with Crippen molar-refractivity contribution >= 4 is 5.69 Å². The first-order chi connectivity index (χ1) is 11.5. The number of hydrogen-bond acceptors (Lipinski definition) is 4. The Labute approximate surface area is 138 Å². The van der Waals surface area contributed by atoms with Gasteiger partial charge < -0.3 is 15.4 Å². The Bertz CT molecular complexity index is 688. The highest BCUT2D eigenvalue weighted by Gasteiger charge is 2.31. The number of halogens is 3. The molecule has 2 aromatic rings. The quantitative estimate of drug-likeness (QED) is 0.931. The lowest BCUT2D eigenvalue weighted by molar-refractivity contribution is -0.137. The fourth-order valence-corrected chi connectivity index (χ4v) is 2.82. The van der Waals surface area contributed by atoms with Crippen LogP contribution < -0.4 is 15.4 Å². The summed E-state index contributed by atoms with van der Waals surface area (Å²) in [5.74, 6) is 0.210. The molecule has 1 saturated heterocycles. The summed E-state index contributed by atoms with van der Waals surface area (Å²) in [5, 5.41) is 0. The maximum Gasteiger partial charge on any atom is 0.417 e. The van der Waals surface area contributed by atoms with Crippen molar-refractivity contribution < 1.29 is 17.9 Å². The zero-order valence-electron chi connectivity index (χ0n) is 13.0. The summed E-state index contributed by atoms with van der Waals surface area (Å²) < 4.78 is 43.3. The van der Waals surface area contributed by atoms with E-state index < -0.39 is 11.7 Å². The third-order valence-electron chi connectivity index (χ3n) is 4.05. The average molecular weight is 337 g/mol. The monoisotopic (exact) mass is 337 g/mol. The molecule has 128 valence electrons. The summed E-state index contributed by atoms with van der Waals surface area (Å²) in [5.41, 5.74) is 7.12. The third kappa shape index (κ3) is 3.62. The number of rotatable bonds is 4. The van der Waals surface area contributed by atoms with Gasteiger partial charge in [-0.05, 0) is 17.7 Å². The van der Waals surface area contributed by atoms with Gasteiger partial charge in [-0.3, -0.25) is 0 Å². The van der Waals surface area contributed by atoms with Gasteiger partial charge in [-0.1, -0.05) is 18.2 Å². The minimum atomic E-state index is -4.39. The lowest BCUT2D eigenvalue weighted by Crippen LogP contribution is -2.26. The standard InChI is InChI=1S/C17H18F3N3O/c18-17(19,20)13-5-6-16(22-10-13)24-14-7-8-23(11-14)15-4-2-1-3-12(15)9-21/h1-6,10,14H,7-9,11,21H2. The number of pyridine rings is 1. The first kappa shape index (κ1) is 16.6. The van der Waals surface area contributed by atoms with Gasteiger partial charge >= 0.3 is 6.18 Å². The molecule has 1 aromatic heterocycles. The second-order valence-corrected chi connectivity index (χ2v) is 5.69. The van der Waals surface area contributed by atoms with E-state index >= 15 is 0 Å². The van der Waals surface area contributed by atoms with Gasteiger partial charge in [-0.2, -0.15) is 13.2 Å². The van der Waals surface area contributed by atoms with Crippen LogP contribution in [-0.2, 0) is 12.7 Å². The van der Waals surface area contributed by atoms with E-state index in [4.69, 9.17) is 10.5 Å². The molecule has 7 heteroatoms. The summed E-state index contributed by atoms with van der Waals surface area (Å²) in [4.78, 5) is 5.94. The molecule has 0 aliphatic carbocycles. The van der Waals surface area contributed by atoms with Crippen LogP contribution in [0.25, 0.3) is 0 Å². The number of aromatic nitrogens is 1. The molecule has 1 fully saturated rings. The molecule has 0 saturated carbocycles. The molecule has 1 aliphatic rings. The van der Waals surface area contributed by atoms with Crippen LogP contribution in [0.5, 0.6) is 5.88 Å². The predicted octanol–water partition coefficient (Wildman–Crippen LogP) is 3.22. The molecule has 3 rings (SSSR count).